The van der Waals surface area contributed by atoms with Crippen molar-refractivity contribution >= 4 is 22.5 Å². The number of pyridine rings is 1. The summed E-state index contributed by atoms with van der Waals surface area (Å²) >= 11 is 0. The Morgan fingerprint density at radius 2 is 2.15 bits per heavy atom. The summed E-state index contributed by atoms with van der Waals surface area (Å²) in [6, 6.07) is 9.85. The number of anilines is 1. The van der Waals surface area contributed by atoms with E-state index < -0.39 is 0 Å². The molecule has 2 N–H and O–H groups in total. The van der Waals surface area contributed by atoms with Crippen LogP contribution in [0.1, 0.15) is 30.3 Å². The van der Waals surface area contributed by atoms with Crippen molar-refractivity contribution in [2.45, 2.75) is 19.8 Å². The van der Waals surface area contributed by atoms with Crippen LogP contribution in [-0.4, -0.2) is 24.0 Å². The number of nitrogens with one attached hydrogen (secondary N) is 2. The number of fused-ring (bicyclic) bond motifs is 1. The fourth-order valence-electron chi connectivity index (χ4n) is 2.27. The molecule has 0 saturated heterocycles. The molecule has 0 bridgehead atoms. The molecule has 3 rings (SSSR count). The van der Waals surface area contributed by atoms with Crippen LogP contribution in [0.25, 0.3) is 10.8 Å². The second-order valence-electron chi connectivity index (χ2n) is 5.26. The molecule has 1 aliphatic rings. The second kappa shape index (κ2) is 5.49. The summed E-state index contributed by atoms with van der Waals surface area (Å²) in [7, 11) is 0. The van der Waals surface area contributed by atoms with Crippen LogP contribution in [0.4, 0.5) is 5.82 Å². The summed E-state index contributed by atoms with van der Waals surface area (Å²) in [6.07, 6.45) is 2.46. The van der Waals surface area contributed by atoms with Crippen LogP contribution in [0.15, 0.2) is 30.3 Å². The molecule has 1 heterocycles. The van der Waals surface area contributed by atoms with Crippen LogP contribution in [-0.2, 0) is 0 Å². The monoisotopic (exact) mass is 269 g/mol. The fourth-order valence-corrected chi connectivity index (χ4v) is 2.27. The SMILES string of the molecule is CCNc1nc(C(=O)NCC2CC2)cc2ccccc12. The molecule has 4 heteroatoms. The van der Waals surface area contributed by atoms with Crippen molar-refractivity contribution in [2.24, 2.45) is 5.92 Å². The third kappa shape index (κ3) is 2.74. The molecule has 104 valence electrons. The molecule has 0 radical (unpaired) electrons. The molecule has 1 aliphatic carbocycles. The highest BCUT2D eigenvalue weighted by Crippen LogP contribution is 2.28. The lowest BCUT2D eigenvalue weighted by atomic mass is 10.1. The van der Waals surface area contributed by atoms with Crippen molar-refractivity contribution in [2.75, 3.05) is 18.4 Å². The van der Waals surface area contributed by atoms with Gasteiger partial charge in [-0.15, -0.1) is 0 Å². The van der Waals surface area contributed by atoms with Gasteiger partial charge in [-0.05, 0) is 37.1 Å². The number of nitrogens with zero attached hydrogens (tertiary/aromatic N) is 1. The lowest BCUT2D eigenvalue weighted by molar-refractivity contribution is 0.0947. The minimum absolute atomic E-state index is 0.0817. The number of rotatable bonds is 5. The van der Waals surface area contributed by atoms with Crippen LogP contribution < -0.4 is 10.6 Å². The van der Waals surface area contributed by atoms with Crippen molar-refractivity contribution in [3.8, 4) is 0 Å². The van der Waals surface area contributed by atoms with Crippen LogP contribution in [0.3, 0.4) is 0 Å². The van der Waals surface area contributed by atoms with E-state index in [1.807, 2.05) is 37.3 Å². The Morgan fingerprint density at radius 1 is 1.35 bits per heavy atom. The smallest absolute Gasteiger partial charge is 0.270 e. The molecular weight excluding hydrogens is 250 g/mol. The molecule has 1 aromatic carbocycles. The number of carbonyl (C=O) groups excluding carboxylic acids is 1. The third-order valence-corrected chi connectivity index (χ3v) is 3.57. The van der Waals surface area contributed by atoms with E-state index in [1.165, 1.54) is 12.8 Å². The Balaban J connectivity index is 1.91. The van der Waals surface area contributed by atoms with Gasteiger partial charge in [0.05, 0.1) is 0 Å². The summed E-state index contributed by atoms with van der Waals surface area (Å²) in [4.78, 5) is 16.6. The highest BCUT2D eigenvalue weighted by molar-refractivity contribution is 6.00. The summed E-state index contributed by atoms with van der Waals surface area (Å²) in [5, 5.41) is 8.28. The van der Waals surface area contributed by atoms with Gasteiger partial charge in [-0.1, -0.05) is 24.3 Å². The van der Waals surface area contributed by atoms with Crippen molar-refractivity contribution in [3.63, 3.8) is 0 Å². The molecule has 20 heavy (non-hydrogen) atoms. The van der Waals surface area contributed by atoms with E-state index in [0.29, 0.717) is 11.6 Å². The predicted molar refractivity (Wildman–Crippen MR) is 81.0 cm³/mol. The average Bonchev–Trinajstić information content (AvgIpc) is 3.29. The van der Waals surface area contributed by atoms with E-state index in [1.54, 1.807) is 0 Å². The van der Waals surface area contributed by atoms with E-state index in [9.17, 15) is 4.79 Å². The predicted octanol–water partition coefficient (Wildman–Crippen LogP) is 2.81. The molecule has 4 nitrogen and oxygen atoms in total. The molecular formula is C16H19N3O. The Labute approximate surface area is 118 Å². The second-order valence-corrected chi connectivity index (χ2v) is 5.26. The van der Waals surface area contributed by atoms with E-state index in [0.717, 1.165) is 29.7 Å². The molecule has 0 spiro atoms. The van der Waals surface area contributed by atoms with Gasteiger partial charge in [-0.3, -0.25) is 4.79 Å². The first-order valence-corrected chi connectivity index (χ1v) is 7.19. The van der Waals surface area contributed by atoms with Gasteiger partial charge in [-0.2, -0.15) is 0 Å². The maximum Gasteiger partial charge on any atom is 0.270 e. The van der Waals surface area contributed by atoms with Crippen molar-refractivity contribution < 1.29 is 4.79 Å². The summed E-state index contributed by atoms with van der Waals surface area (Å²) < 4.78 is 0. The molecule has 0 atom stereocenters. The first-order valence-electron chi connectivity index (χ1n) is 7.19. The minimum Gasteiger partial charge on any atom is -0.370 e. The van der Waals surface area contributed by atoms with Gasteiger partial charge in [0.2, 0.25) is 0 Å². The first-order chi connectivity index (χ1) is 9.78. The molecule has 0 unspecified atom stereocenters. The van der Waals surface area contributed by atoms with Crippen LogP contribution >= 0.6 is 0 Å². The first kappa shape index (κ1) is 12.9. The van der Waals surface area contributed by atoms with Gasteiger partial charge >= 0.3 is 0 Å². The standard InChI is InChI=1S/C16H19N3O/c1-2-17-15-13-6-4-3-5-12(13)9-14(19-15)16(20)18-10-11-7-8-11/h3-6,9,11H,2,7-8,10H2,1H3,(H,17,19)(H,18,20). The summed E-state index contributed by atoms with van der Waals surface area (Å²) in [5.74, 6) is 1.37. The fraction of sp³-hybridized carbons (Fsp3) is 0.375. The number of aromatic nitrogens is 1. The summed E-state index contributed by atoms with van der Waals surface area (Å²) in [5.41, 5.74) is 0.486. The molecule has 2 aromatic rings. The molecule has 1 aromatic heterocycles. The quantitative estimate of drug-likeness (QED) is 0.877. The molecule has 0 aliphatic heterocycles. The zero-order chi connectivity index (χ0) is 13.9. The molecule has 1 amide bonds. The normalized spacial score (nSPS) is 14.2. The number of hydrogen-bond acceptors (Lipinski definition) is 3. The van der Waals surface area contributed by atoms with Gasteiger partial charge in [0.1, 0.15) is 11.5 Å². The van der Waals surface area contributed by atoms with Gasteiger partial charge in [-0.25, -0.2) is 4.98 Å². The Hall–Kier alpha value is -2.10. The maximum absolute atomic E-state index is 12.2. The highest BCUT2D eigenvalue weighted by Gasteiger charge is 2.22. The Morgan fingerprint density at radius 3 is 2.90 bits per heavy atom. The lowest BCUT2D eigenvalue weighted by Crippen LogP contribution is -2.26. The van der Waals surface area contributed by atoms with Crippen molar-refractivity contribution in [1.82, 2.24) is 10.3 Å². The van der Waals surface area contributed by atoms with E-state index in [2.05, 4.69) is 15.6 Å². The molecule has 1 saturated carbocycles. The largest absolute Gasteiger partial charge is 0.370 e. The zero-order valence-electron chi connectivity index (χ0n) is 11.6. The van der Waals surface area contributed by atoms with E-state index in [4.69, 9.17) is 0 Å². The highest BCUT2D eigenvalue weighted by atomic mass is 16.1. The lowest BCUT2D eigenvalue weighted by Gasteiger charge is -2.10. The number of benzene rings is 1. The van der Waals surface area contributed by atoms with Crippen molar-refractivity contribution in [3.05, 3.63) is 36.0 Å². The average molecular weight is 269 g/mol. The Bertz CT molecular complexity index is 635. The number of amides is 1. The van der Waals surface area contributed by atoms with Gasteiger partial charge in [0.15, 0.2) is 0 Å². The Kier molecular flexibility index (Phi) is 3.54. The van der Waals surface area contributed by atoms with E-state index >= 15 is 0 Å². The van der Waals surface area contributed by atoms with Crippen molar-refractivity contribution in [1.29, 1.82) is 0 Å². The van der Waals surface area contributed by atoms with Gasteiger partial charge < -0.3 is 10.6 Å². The van der Waals surface area contributed by atoms with Crippen LogP contribution in [0, 0.1) is 5.92 Å². The van der Waals surface area contributed by atoms with Gasteiger partial charge in [0, 0.05) is 18.5 Å². The number of carbonyl (C=O) groups is 1. The zero-order valence-corrected chi connectivity index (χ0v) is 11.6. The van der Waals surface area contributed by atoms with Crippen LogP contribution in [0.5, 0.6) is 0 Å². The molecule has 1 fully saturated rings. The van der Waals surface area contributed by atoms with Crippen LogP contribution in [0.2, 0.25) is 0 Å². The van der Waals surface area contributed by atoms with E-state index in [-0.39, 0.29) is 5.91 Å². The summed E-state index contributed by atoms with van der Waals surface area (Å²) in [6.45, 7) is 3.57. The van der Waals surface area contributed by atoms with Gasteiger partial charge in [0.25, 0.3) is 5.91 Å². The maximum atomic E-state index is 12.2. The third-order valence-electron chi connectivity index (χ3n) is 3.57. The topological polar surface area (TPSA) is 54.0 Å². The number of hydrogen-bond donors (Lipinski definition) is 2. The minimum atomic E-state index is -0.0817.